The van der Waals surface area contributed by atoms with Crippen molar-refractivity contribution < 1.29 is 9.63 Å². The van der Waals surface area contributed by atoms with Gasteiger partial charge in [-0.25, -0.2) is 0 Å². The zero-order valence-electron chi connectivity index (χ0n) is 18.7. The average Bonchev–Trinajstić information content (AvgIpc) is 2.77. The van der Waals surface area contributed by atoms with Crippen LogP contribution in [0.4, 0.5) is 5.69 Å². The number of nitrogen functional groups attached to an aromatic ring is 1. The molecule has 0 aromatic heterocycles. The molecule has 1 aliphatic heterocycles. The lowest BCUT2D eigenvalue weighted by atomic mass is 9.85. The minimum absolute atomic E-state index is 0.0127. The van der Waals surface area contributed by atoms with Crippen molar-refractivity contribution in [2.24, 2.45) is 11.1 Å². The van der Waals surface area contributed by atoms with E-state index < -0.39 is 0 Å². The Labute approximate surface area is 184 Å². The van der Waals surface area contributed by atoms with Crippen molar-refractivity contribution in [3.8, 4) is 22.9 Å². The fraction of sp³-hybridized carbons (Fsp3) is 0.400. The predicted molar refractivity (Wildman–Crippen MR) is 124 cm³/mol. The van der Waals surface area contributed by atoms with Gasteiger partial charge in [0.1, 0.15) is 11.6 Å². The Balaban J connectivity index is 1.99. The smallest absolute Gasteiger partial charge is 0.225 e. The maximum atomic E-state index is 12.3. The number of nitriles is 1. The van der Waals surface area contributed by atoms with Gasteiger partial charge in [0.25, 0.3) is 0 Å². The minimum Gasteiger partial charge on any atom is -0.399 e. The van der Waals surface area contributed by atoms with Gasteiger partial charge in [0.05, 0.1) is 5.71 Å². The lowest BCUT2D eigenvalue weighted by Gasteiger charge is -2.33. The maximum absolute atomic E-state index is 12.3. The fourth-order valence-electron chi connectivity index (χ4n) is 3.89. The molecule has 0 spiro atoms. The zero-order chi connectivity index (χ0) is 22.5. The van der Waals surface area contributed by atoms with Crippen LogP contribution in [0.3, 0.4) is 0 Å². The standard InChI is InChI=1S/C25H30N4O2/c1-16(2)25(30)29-11-9-18(10-12-29)20-13-22(19-5-7-21(27)8-6-19)23(15-26)24(14-20)31-28-17(3)4/h5-8,13-14,16,18H,9-12,27H2,1-4H3. The van der Waals surface area contributed by atoms with Crippen molar-refractivity contribution in [3.63, 3.8) is 0 Å². The molecule has 2 aromatic rings. The van der Waals surface area contributed by atoms with Crippen molar-refractivity contribution in [2.45, 2.75) is 46.5 Å². The molecule has 1 fully saturated rings. The number of oxime groups is 1. The summed E-state index contributed by atoms with van der Waals surface area (Å²) in [5.41, 5.74) is 10.5. The van der Waals surface area contributed by atoms with Crippen LogP contribution < -0.4 is 10.6 Å². The fourth-order valence-corrected chi connectivity index (χ4v) is 3.89. The molecule has 0 radical (unpaired) electrons. The number of nitrogens with two attached hydrogens (primary N) is 1. The first kappa shape index (κ1) is 22.4. The Hall–Kier alpha value is -3.33. The van der Waals surface area contributed by atoms with Gasteiger partial charge in [-0.2, -0.15) is 5.26 Å². The first-order valence-corrected chi connectivity index (χ1v) is 10.7. The van der Waals surface area contributed by atoms with Crippen molar-refractivity contribution >= 4 is 17.3 Å². The number of likely N-dealkylation sites (tertiary alicyclic amines) is 1. The van der Waals surface area contributed by atoms with E-state index in [9.17, 15) is 10.1 Å². The highest BCUT2D eigenvalue weighted by atomic mass is 16.6. The van der Waals surface area contributed by atoms with Crippen molar-refractivity contribution in [3.05, 3.63) is 47.5 Å². The van der Waals surface area contributed by atoms with E-state index in [2.05, 4.69) is 17.3 Å². The van der Waals surface area contributed by atoms with Crippen LogP contribution in [0.1, 0.15) is 57.6 Å². The molecule has 6 heteroatoms. The molecule has 162 valence electrons. The summed E-state index contributed by atoms with van der Waals surface area (Å²) in [7, 11) is 0. The second-order valence-electron chi connectivity index (χ2n) is 8.56. The van der Waals surface area contributed by atoms with E-state index in [1.165, 1.54) is 0 Å². The molecule has 1 aliphatic rings. The highest BCUT2D eigenvalue weighted by molar-refractivity contribution is 5.79. The third-order valence-electron chi connectivity index (χ3n) is 5.56. The number of carbonyl (C=O) groups is 1. The van der Waals surface area contributed by atoms with E-state index in [0.29, 0.717) is 17.0 Å². The molecule has 0 unspecified atom stereocenters. The number of anilines is 1. The highest BCUT2D eigenvalue weighted by Gasteiger charge is 2.27. The molecule has 1 saturated heterocycles. The molecule has 0 saturated carbocycles. The third kappa shape index (κ3) is 5.24. The number of benzene rings is 2. The van der Waals surface area contributed by atoms with Crippen LogP contribution in [-0.4, -0.2) is 29.6 Å². The summed E-state index contributed by atoms with van der Waals surface area (Å²) in [6, 6.07) is 13.8. The molecular weight excluding hydrogens is 388 g/mol. The Bertz CT molecular complexity index is 1010. The summed E-state index contributed by atoms with van der Waals surface area (Å²) in [6.45, 7) is 9.04. The Morgan fingerprint density at radius 2 is 1.84 bits per heavy atom. The normalized spacial score (nSPS) is 14.3. The minimum atomic E-state index is 0.0127. The number of nitrogens with zero attached hydrogens (tertiary/aromatic N) is 3. The molecule has 0 aliphatic carbocycles. The third-order valence-corrected chi connectivity index (χ3v) is 5.56. The SMILES string of the molecule is CC(C)=NOc1cc(C2CCN(C(=O)C(C)C)CC2)cc(-c2ccc(N)cc2)c1C#N. The second kappa shape index (κ2) is 9.65. The summed E-state index contributed by atoms with van der Waals surface area (Å²) in [6.07, 6.45) is 1.75. The van der Waals surface area contributed by atoms with Gasteiger partial charge in [-0.1, -0.05) is 31.1 Å². The van der Waals surface area contributed by atoms with Crippen LogP contribution in [-0.2, 0) is 4.79 Å². The van der Waals surface area contributed by atoms with Gasteiger partial charge >= 0.3 is 0 Å². The Morgan fingerprint density at radius 3 is 2.39 bits per heavy atom. The summed E-state index contributed by atoms with van der Waals surface area (Å²) >= 11 is 0. The second-order valence-corrected chi connectivity index (χ2v) is 8.56. The number of amides is 1. The highest BCUT2D eigenvalue weighted by Crippen LogP contribution is 2.38. The molecule has 2 aromatic carbocycles. The lowest BCUT2D eigenvalue weighted by molar-refractivity contribution is -0.135. The molecule has 1 heterocycles. The van der Waals surface area contributed by atoms with E-state index >= 15 is 0 Å². The lowest BCUT2D eigenvalue weighted by Crippen LogP contribution is -2.40. The van der Waals surface area contributed by atoms with Gasteiger partial charge in [0, 0.05) is 30.3 Å². The van der Waals surface area contributed by atoms with Gasteiger partial charge in [0.2, 0.25) is 5.91 Å². The van der Waals surface area contributed by atoms with E-state index in [4.69, 9.17) is 10.6 Å². The van der Waals surface area contributed by atoms with Crippen LogP contribution in [0.5, 0.6) is 5.75 Å². The topological polar surface area (TPSA) is 91.7 Å². The number of piperidine rings is 1. The monoisotopic (exact) mass is 418 g/mol. The van der Waals surface area contributed by atoms with Gasteiger partial charge in [-0.05, 0) is 68.0 Å². The molecular formula is C25H30N4O2. The first-order valence-electron chi connectivity index (χ1n) is 10.7. The molecule has 3 rings (SSSR count). The number of hydrogen-bond donors (Lipinski definition) is 1. The largest absolute Gasteiger partial charge is 0.399 e. The summed E-state index contributed by atoms with van der Waals surface area (Å²) in [4.78, 5) is 20.0. The summed E-state index contributed by atoms with van der Waals surface area (Å²) < 4.78 is 0. The first-order chi connectivity index (χ1) is 14.8. The van der Waals surface area contributed by atoms with Gasteiger partial charge in [-0.3, -0.25) is 4.79 Å². The van der Waals surface area contributed by atoms with E-state index in [1.807, 2.05) is 62.9 Å². The average molecular weight is 419 g/mol. The zero-order valence-corrected chi connectivity index (χ0v) is 18.7. The molecule has 1 amide bonds. The Kier molecular flexibility index (Phi) is 6.96. The van der Waals surface area contributed by atoms with Crippen LogP contribution in [0, 0.1) is 17.2 Å². The van der Waals surface area contributed by atoms with E-state index in [0.717, 1.165) is 48.3 Å². The molecule has 2 N–H and O–H groups in total. The molecule has 0 bridgehead atoms. The van der Waals surface area contributed by atoms with Gasteiger partial charge < -0.3 is 15.5 Å². The van der Waals surface area contributed by atoms with Crippen LogP contribution in [0.15, 0.2) is 41.6 Å². The number of hydrogen-bond acceptors (Lipinski definition) is 5. The van der Waals surface area contributed by atoms with Crippen LogP contribution in [0.25, 0.3) is 11.1 Å². The van der Waals surface area contributed by atoms with Crippen molar-refractivity contribution in [2.75, 3.05) is 18.8 Å². The Morgan fingerprint density at radius 1 is 1.19 bits per heavy atom. The van der Waals surface area contributed by atoms with Gasteiger partial charge in [0.15, 0.2) is 5.75 Å². The van der Waals surface area contributed by atoms with Gasteiger partial charge in [-0.15, -0.1) is 0 Å². The maximum Gasteiger partial charge on any atom is 0.225 e. The van der Waals surface area contributed by atoms with E-state index in [1.54, 1.807) is 0 Å². The van der Waals surface area contributed by atoms with Crippen molar-refractivity contribution in [1.82, 2.24) is 4.90 Å². The number of carbonyl (C=O) groups excluding carboxylic acids is 1. The predicted octanol–water partition coefficient (Wildman–Crippen LogP) is 4.94. The van der Waals surface area contributed by atoms with Crippen LogP contribution in [0.2, 0.25) is 0 Å². The molecule has 0 atom stereocenters. The van der Waals surface area contributed by atoms with E-state index in [-0.39, 0.29) is 17.7 Å². The molecule has 31 heavy (non-hydrogen) atoms. The summed E-state index contributed by atoms with van der Waals surface area (Å²) in [5, 5.41) is 14.0. The quantitative estimate of drug-likeness (QED) is 0.423. The van der Waals surface area contributed by atoms with Crippen LogP contribution >= 0.6 is 0 Å². The number of rotatable bonds is 5. The summed E-state index contributed by atoms with van der Waals surface area (Å²) in [5.74, 6) is 0.954. The van der Waals surface area contributed by atoms with Crippen molar-refractivity contribution in [1.29, 1.82) is 5.26 Å². The molecule has 6 nitrogen and oxygen atoms in total.